The molecule has 2 aromatic rings. The lowest BCUT2D eigenvalue weighted by molar-refractivity contribution is -0.122. The molecule has 1 spiro atoms. The molecular weight excluding hydrogens is 339 g/mol. The van der Waals surface area contributed by atoms with Gasteiger partial charge in [0.25, 0.3) is 0 Å². The average molecular weight is 349 g/mol. The zero-order valence-electron chi connectivity index (χ0n) is 11.6. The number of benzene rings is 1. The molecule has 116 valence electrons. The Hall–Kier alpha value is -2.18. The van der Waals surface area contributed by atoms with Gasteiger partial charge < -0.3 is 10.6 Å². The number of rotatable bonds is 2. The Morgan fingerprint density at radius 1 is 1.30 bits per heavy atom. The highest BCUT2D eigenvalue weighted by molar-refractivity contribution is 6.31. The molecule has 1 aromatic heterocycles. The van der Waals surface area contributed by atoms with Crippen LogP contribution in [0.1, 0.15) is 12.0 Å². The van der Waals surface area contributed by atoms with Gasteiger partial charge in [0.2, 0.25) is 11.8 Å². The number of anilines is 2. The summed E-state index contributed by atoms with van der Waals surface area (Å²) in [5.41, 5.74) is 0.650. The zero-order chi connectivity index (χ0) is 16.2. The van der Waals surface area contributed by atoms with Crippen LogP contribution in [-0.2, 0) is 15.0 Å². The van der Waals surface area contributed by atoms with E-state index in [0.717, 1.165) is 5.56 Å². The first-order valence-corrected chi connectivity index (χ1v) is 7.66. The van der Waals surface area contributed by atoms with E-state index in [1.54, 1.807) is 18.2 Å². The fourth-order valence-corrected chi connectivity index (χ4v) is 3.41. The number of amides is 2. The molecule has 1 aliphatic carbocycles. The van der Waals surface area contributed by atoms with Crippen LogP contribution < -0.4 is 10.6 Å². The van der Waals surface area contributed by atoms with Crippen LogP contribution in [0.2, 0.25) is 10.2 Å². The molecule has 2 amide bonds. The van der Waals surface area contributed by atoms with Crippen LogP contribution in [0.5, 0.6) is 0 Å². The second-order valence-electron chi connectivity index (χ2n) is 5.59. The van der Waals surface area contributed by atoms with Crippen molar-refractivity contribution in [1.82, 2.24) is 9.97 Å². The first kappa shape index (κ1) is 14.4. The number of fused-ring (bicyclic) bond motifs is 2. The van der Waals surface area contributed by atoms with Gasteiger partial charge in [-0.05, 0) is 30.2 Å². The van der Waals surface area contributed by atoms with E-state index in [2.05, 4.69) is 20.6 Å². The van der Waals surface area contributed by atoms with Gasteiger partial charge in [-0.25, -0.2) is 9.97 Å². The summed E-state index contributed by atoms with van der Waals surface area (Å²) in [6.07, 6.45) is 1.70. The molecule has 0 bridgehead atoms. The maximum Gasteiger partial charge on any atom is 0.235 e. The molecular formula is C15H10Cl2N4O2. The lowest BCUT2D eigenvalue weighted by Gasteiger charge is -2.09. The summed E-state index contributed by atoms with van der Waals surface area (Å²) < 4.78 is 0. The van der Waals surface area contributed by atoms with Crippen LogP contribution in [0.3, 0.4) is 0 Å². The Bertz CT molecular complexity index is 857. The lowest BCUT2D eigenvalue weighted by Crippen LogP contribution is -2.27. The molecule has 0 radical (unpaired) electrons. The van der Waals surface area contributed by atoms with Crippen LogP contribution >= 0.6 is 23.2 Å². The molecule has 1 fully saturated rings. The normalized spacial score (nSPS) is 24.3. The number of hydrogen-bond acceptors (Lipinski definition) is 4. The third-order valence-electron chi connectivity index (χ3n) is 4.28. The maximum absolute atomic E-state index is 12.5. The summed E-state index contributed by atoms with van der Waals surface area (Å²) >= 11 is 11.8. The molecule has 2 aliphatic rings. The minimum absolute atomic E-state index is 0.171. The van der Waals surface area contributed by atoms with Gasteiger partial charge in [0.15, 0.2) is 0 Å². The van der Waals surface area contributed by atoms with Crippen molar-refractivity contribution in [3.8, 4) is 0 Å². The standard InChI is InChI=1S/C15H10Cl2N4O2/c16-7-1-2-10-8(3-7)15(14(23)20-10)5-9(15)13(22)21-12-4-11(17)18-6-19-12/h1-4,6,9H,5H2,(H,20,23)(H,18,19,21,22)/t9-,15+/m1/s1. The fourth-order valence-electron chi connectivity index (χ4n) is 3.09. The van der Waals surface area contributed by atoms with E-state index in [0.29, 0.717) is 22.9 Å². The van der Waals surface area contributed by atoms with E-state index in [1.807, 2.05) is 0 Å². The summed E-state index contributed by atoms with van der Waals surface area (Å²) in [7, 11) is 0. The topological polar surface area (TPSA) is 84.0 Å². The minimum Gasteiger partial charge on any atom is -0.325 e. The van der Waals surface area contributed by atoms with Crippen molar-refractivity contribution in [2.24, 2.45) is 5.92 Å². The van der Waals surface area contributed by atoms with Crippen LogP contribution in [-0.4, -0.2) is 21.8 Å². The summed E-state index contributed by atoms with van der Waals surface area (Å²) in [6.45, 7) is 0. The van der Waals surface area contributed by atoms with Gasteiger partial charge >= 0.3 is 0 Å². The van der Waals surface area contributed by atoms with Crippen molar-refractivity contribution < 1.29 is 9.59 Å². The van der Waals surface area contributed by atoms with Gasteiger partial charge in [0.1, 0.15) is 17.3 Å². The number of hydrogen-bond donors (Lipinski definition) is 2. The Balaban J connectivity index is 1.61. The third kappa shape index (κ3) is 2.17. The molecule has 1 saturated carbocycles. The van der Waals surface area contributed by atoms with Crippen molar-refractivity contribution in [3.05, 3.63) is 46.3 Å². The first-order valence-electron chi connectivity index (χ1n) is 6.90. The number of carbonyl (C=O) groups is 2. The quantitative estimate of drug-likeness (QED) is 0.817. The highest BCUT2D eigenvalue weighted by atomic mass is 35.5. The molecule has 0 unspecified atom stereocenters. The van der Waals surface area contributed by atoms with Gasteiger partial charge in [0, 0.05) is 16.8 Å². The summed E-state index contributed by atoms with van der Waals surface area (Å²) in [5, 5.41) is 6.25. The lowest BCUT2D eigenvalue weighted by atomic mass is 9.94. The smallest absolute Gasteiger partial charge is 0.235 e. The van der Waals surface area contributed by atoms with E-state index >= 15 is 0 Å². The fraction of sp³-hybridized carbons (Fsp3) is 0.200. The van der Waals surface area contributed by atoms with Crippen LogP contribution in [0.4, 0.5) is 11.5 Å². The molecule has 4 rings (SSSR count). The molecule has 1 aromatic carbocycles. The summed E-state index contributed by atoms with van der Waals surface area (Å²) in [6, 6.07) is 6.65. The number of carbonyl (C=O) groups excluding carboxylic acids is 2. The second-order valence-corrected chi connectivity index (χ2v) is 6.41. The first-order chi connectivity index (χ1) is 11.0. The van der Waals surface area contributed by atoms with Gasteiger partial charge in [-0.3, -0.25) is 9.59 Å². The molecule has 6 nitrogen and oxygen atoms in total. The Kier molecular flexibility index (Phi) is 3.08. The van der Waals surface area contributed by atoms with E-state index in [9.17, 15) is 9.59 Å². The number of nitrogens with one attached hydrogen (secondary N) is 2. The minimum atomic E-state index is -0.832. The monoisotopic (exact) mass is 348 g/mol. The van der Waals surface area contributed by atoms with E-state index in [-0.39, 0.29) is 17.0 Å². The predicted molar refractivity (Wildman–Crippen MR) is 85.5 cm³/mol. The number of halogens is 2. The Morgan fingerprint density at radius 3 is 2.91 bits per heavy atom. The second kappa shape index (κ2) is 4.91. The van der Waals surface area contributed by atoms with E-state index in [4.69, 9.17) is 23.2 Å². The van der Waals surface area contributed by atoms with Gasteiger partial charge in [0.05, 0.1) is 11.3 Å². The van der Waals surface area contributed by atoms with Crippen LogP contribution in [0.25, 0.3) is 0 Å². The molecule has 23 heavy (non-hydrogen) atoms. The zero-order valence-corrected chi connectivity index (χ0v) is 13.1. The summed E-state index contributed by atoms with van der Waals surface area (Å²) in [5.74, 6) is -0.601. The van der Waals surface area contributed by atoms with Gasteiger partial charge in [-0.15, -0.1) is 0 Å². The maximum atomic E-state index is 12.5. The van der Waals surface area contributed by atoms with Crippen molar-refractivity contribution in [1.29, 1.82) is 0 Å². The highest BCUT2D eigenvalue weighted by Gasteiger charge is 2.67. The molecule has 2 N–H and O–H groups in total. The summed E-state index contributed by atoms with van der Waals surface area (Å²) in [4.78, 5) is 32.5. The largest absolute Gasteiger partial charge is 0.325 e. The molecule has 2 atom stereocenters. The van der Waals surface area contributed by atoms with E-state index in [1.165, 1.54) is 12.4 Å². The molecule has 1 aliphatic heterocycles. The average Bonchev–Trinajstić information content (AvgIpc) is 3.20. The third-order valence-corrected chi connectivity index (χ3v) is 4.72. The molecule has 8 heteroatoms. The molecule has 0 saturated heterocycles. The Morgan fingerprint density at radius 2 is 2.13 bits per heavy atom. The van der Waals surface area contributed by atoms with Gasteiger partial charge in [-0.2, -0.15) is 0 Å². The van der Waals surface area contributed by atoms with Gasteiger partial charge in [-0.1, -0.05) is 23.2 Å². The van der Waals surface area contributed by atoms with Crippen molar-refractivity contribution >= 4 is 46.5 Å². The molecule has 2 heterocycles. The Labute approximate surface area is 141 Å². The van der Waals surface area contributed by atoms with Crippen molar-refractivity contribution in [2.45, 2.75) is 11.8 Å². The number of aromatic nitrogens is 2. The van der Waals surface area contributed by atoms with Crippen LogP contribution in [0, 0.1) is 5.92 Å². The predicted octanol–water partition coefficient (Wildman–Crippen LogP) is 2.63. The number of nitrogens with zero attached hydrogens (tertiary/aromatic N) is 2. The van der Waals surface area contributed by atoms with Crippen molar-refractivity contribution in [2.75, 3.05) is 10.6 Å². The van der Waals surface area contributed by atoms with Crippen LogP contribution in [0.15, 0.2) is 30.6 Å². The SMILES string of the molecule is O=C(Nc1cc(Cl)ncn1)[C@H]1C[C@@]12C(=O)Nc1ccc(Cl)cc12. The van der Waals surface area contributed by atoms with E-state index < -0.39 is 11.3 Å². The van der Waals surface area contributed by atoms with Crippen molar-refractivity contribution in [3.63, 3.8) is 0 Å². The highest BCUT2D eigenvalue weighted by Crippen LogP contribution is 2.60.